The largest absolute Gasteiger partial charge is 0.296 e. The Bertz CT molecular complexity index is 557. The zero-order valence-corrected chi connectivity index (χ0v) is 13.1. The van der Waals surface area contributed by atoms with Crippen LogP contribution < -0.4 is 0 Å². The Morgan fingerprint density at radius 3 is 2.50 bits per heavy atom. The maximum absolute atomic E-state index is 4.05. The van der Waals surface area contributed by atoms with Gasteiger partial charge in [0.2, 0.25) is 0 Å². The third-order valence-electron chi connectivity index (χ3n) is 4.00. The van der Waals surface area contributed by atoms with Crippen molar-refractivity contribution in [2.75, 3.05) is 13.1 Å². The maximum Gasteiger partial charge on any atom is 0.164 e. The molecule has 2 aromatic rings. The number of aryl methyl sites for hydroxylation is 1. The van der Waals surface area contributed by atoms with Crippen molar-refractivity contribution in [1.82, 2.24) is 25.1 Å². The molecule has 2 heterocycles. The lowest BCUT2D eigenvalue weighted by molar-refractivity contribution is 0.198. The molecule has 1 saturated heterocycles. The quantitative estimate of drug-likeness (QED) is 0.863. The molecule has 0 aliphatic carbocycles. The van der Waals surface area contributed by atoms with Crippen molar-refractivity contribution in [3.8, 4) is 0 Å². The first-order valence-corrected chi connectivity index (χ1v) is 7.71. The van der Waals surface area contributed by atoms with Crippen LogP contribution in [0.15, 0.2) is 28.7 Å². The minimum atomic E-state index is 0.678. The van der Waals surface area contributed by atoms with Crippen molar-refractivity contribution in [2.45, 2.75) is 25.3 Å². The zero-order chi connectivity index (χ0) is 13.9. The number of nitrogens with zero attached hydrogens (tertiary/aromatic N) is 5. The highest BCUT2D eigenvalue weighted by Crippen LogP contribution is 2.29. The Morgan fingerprint density at radius 1 is 1.20 bits per heavy atom. The van der Waals surface area contributed by atoms with Crippen molar-refractivity contribution < 1.29 is 0 Å². The van der Waals surface area contributed by atoms with Gasteiger partial charge in [0.1, 0.15) is 0 Å². The predicted molar refractivity (Wildman–Crippen MR) is 80.2 cm³/mol. The molecule has 1 aliphatic rings. The van der Waals surface area contributed by atoms with Gasteiger partial charge in [-0.3, -0.25) is 4.90 Å². The molecular weight excluding hydrogens is 318 g/mol. The van der Waals surface area contributed by atoms with Gasteiger partial charge in [-0.15, -0.1) is 5.10 Å². The Kier molecular flexibility index (Phi) is 4.12. The second kappa shape index (κ2) is 6.01. The number of hydrogen-bond acceptors (Lipinski definition) is 4. The van der Waals surface area contributed by atoms with Crippen molar-refractivity contribution in [3.05, 3.63) is 40.1 Å². The fraction of sp³-hybridized carbons (Fsp3) is 0.500. The van der Waals surface area contributed by atoms with E-state index in [-0.39, 0.29) is 0 Å². The van der Waals surface area contributed by atoms with Crippen LogP contribution in [-0.4, -0.2) is 38.2 Å². The summed E-state index contributed by atoms with van der Waals surface area (Å²) in [4.78, 5) is 2.43. The second-order valence-corrected chi connectivity index (χ2v) is 6.24. The molecule has 106 valence electrons. The number of likely N-dealkylation sites (tertiary alicyclic amines) is 1. The van der Waals surface area contributed by atoms with Crippen molar-refractivity contribution in [1.29, 1.82) is 0 Å². The second-order valence-electron chi connectivity index (χ2n) is 5.32. The lowest BCUT2D eigenvalue weighted by Crippen LogP contribution is -2.33. The smallest absolute Gasteiger partial charge is 0.164 e. The van der Waals surface area contributed by atoms with Gasteiger partial charge in [-0.2, -0.15) is 0 Å². The van der Waals surface area contributed by atoms with E-state index in [9.17, 15) is 0 Å². The molecule has 1 aromatic carbocycles. The Balaban J connectivity index is 1.57. The Hall–Kier alpha value is -1.27. The first-order valence-electron chi connectivity index (χ1n) is 6.91. The number of hydrogen-bond donors (Lipinski definition) is 0. The Morgan fingerprint density at radius 2 is 1.90 bits per heavy atom. The van der Waals surface area contributed by atoms with E-state index >= 15 is 0 Å². The molecule has 0 spiro atoms. The summed E-state index contributed by atoms with van der Waals surface area (Å²) in [6.45, 7) is 3.05. The van der Waals surface area contributed by atoms with Gasteiger partial charge in [0, 0.05) is 11.5 Å². The van der Waals surface area contributed by atoms with Crippen LogP contribution in [0.2, 0.25) is 0 Å². The monoisotopic (exact) mass is 335 g/mol. The van der Waals surface area contributed by atoms with E-state index in [0.717, 1.165) is 29.9 Å². The third-order valence-corrected chi connectivity index (χ3v) is 4.53. The van der Waals surface area contributed by atoms with E-state index in [4.69, 9.17) is 0 Å². The summed E-state index contributed by atoms with van der Waals surface area (Å²) in [7, 11) is 1.89. The Labute approximate surface area is 127 Å². The van der Waals surface area contributed by atoms with Gasteiger partial charge < -0.3 is 0 Å². The normalized spacial score (nSPS) is 17.5. The molecule has 1 fully saturated rings. The van der Waals surface area contributed by atoms with Gasteiger partial charge in [0.25, 0.3) is 0 Å². The number of aromatic nitrogens is 4. The van der Waals surface area contributed by atoms with Crippen LogP contribution in [0.4, 0.5) is 0 Å². The standard InChI is InChI=1S/C14H18BrN5/c1-19-14(16-17-18-19)10-20-8-6-12(7-9-20)11-2-4-13(15)5-3-11/h2-5,12H,6-10H2,1H3. The zero-order valence-electron chi connectivity index (χ0n) is 11.5. The van der Waals surface area contributed by atoms with E-state index in [1.54, 1.807) is 4.68 Å². The first kappa shape index (κ1) is 13.7. The predicted octanol–water partition coefficient (Wildman–Crippen LogP) is 2.35. The van der Waals surface area contributed by atoms with E-state index in [2.05, 4.69) is 60.6 Å². The van der Waals surface area contributed by atoms with Gasteiger partial charge in [-0.05, 0) is 60.0 Å². The molecule has 0 unspecified atom stereocenters. The van der Waals surface area contributed by atoms with Crippen molar-refractivity contribution >= 4 is 15.9 Å². The molecular formula is C14H18BrN5. The fourth-order valence-electron chi connectivity index (χ4n) is 2.74. The number of piperidine rings is 1. The summed E-state index contributed by atoms with van der Waals surface area (Å²) < 4.78 is 2.90. The molecule has 0 saturated carbocycles. The van der Waals surface area contributed by atoms with Crippen LogP contribution in [0.3, 0.4) is 0 Å². The lowest BCUT2D eigenvalue weighted by Gasteiger charge is -2.31. The fourth-order valence-corrected chi connectivity index (χ4v) is 3.01. The molecule has 5 nitrogen and oxygen atoms in total. The van der Waals surface area contributed by atoms with Gasteiger partial charge in [0.15, 0.2) is 5.82 Å². The summed E-state index contributed by atoms with van der Waals surface area (Å²) in [6, 6.07) is 8.73. The molecule has 1 aliphatic heterocycles. The first-order chi connectivity index (χ1) is 9.72. The maximum atomic E-state index is 4.05. The van der Waals surface area contributed by atoms with Crippen LogP contribution in [0.5, 0.6) is 0 Å². The van der Waals surface area contributed by atoms with E-state index in [1.807, 2.05) is 7.05 Å². The number of halogens is 1. The number of tetrazole rings is 1. The molecule has 0 radical (unpaired) electrons. The van der Waals surface area contributed by atoms with Crippen LogP contribution >= 0.6 is 15.9 Å². The van der Waals surface area contributed by atoms with Crippen LogP contribution in [0, 0.1) is 0 Å². The van der Waals surface area contributed by atoms with Crippen LogP contribution in [-0.2, 0) is 13.6 Å². The van der Waals surface area contributed by atoms with Crippen molar-refractivity contribution in [2.24, 2.45) is 7.05 Å². The number of rotatable bonds is 3. The molecule has 3 rings (SSSR count). The summed E-state index contributed by atoms with van der Waals surface area (Å²) in [6.07, 6.45) is 2.40. The highest BCUT2D eigenvalue weighted by Gasteiger charge is 2.21. The lowest BCUT2D eigenvalue weighted by atomic mass is 9.89. The molecule has 0 bridgehead atoms. The molecule has 0 N–H and O–H groups in total. The van der Waals surface area contributed by atoms with Crippen LogP contribution in [0.1, 0.15) is 30.1 Å². The summed E-state index contributed by atoms with van der Waals surface area (Å²) >= 11 is 3.49. The van der Waals surface area contributed by atoms with Gasteiger partial charge in [-0.1, -0.05) is 28.1 Å². The summed E-state index contributed by atoms with van der Waals surface area (Å²) in [5, 5.41) is 11.6. The highest BCUT2D eigenvalue weighted by atomic mass is 79.9. The van der Waals surface area contributed by atoms with E-state index in [1.165, 1.54) is 18.4 Å². The minimum absolute atomic E-state index is 0.678. The van der Waals surface area contributed by atoms with Gasteiger partial charge in [0.05, 0.1) is 6.54 Å². The van der Waals surface area contributed by atoms with E-state index < -0.39 is 0 Å². The van der Waals surface area contributed by atoms with Gasteiger partial charge in [-0.25, -0.2) is 4.68 Å². The topological polar surface area (TPSA) is 46.8 Å². The molecule has 1 aromatic heterocycles. The third kappa shape index (κ3) is 3.07. The molecule has 20 heavy (non-hydrogen) atoms. The summed E-state index contributed by atoms with van der Waals surface area (Å²) in [5.74, 6) is 1.61. The highest BCUT2D eigenvalue weighted by molar-refractivity contribution is 9.10. The van der Waals surface area contributed by atoms with Crippen LogP contribution in [0.25, 0.3) is 0 Å². The van der Waals surface area contributed by atoms with Crippen molar-refractivity contribution in [3.63, 3.8) is 0 Å². The van der Waals surface area contributed by atoms with Gasteiger partial charge >= 0.3 is 0 Å². The molecule has 0 amide bonds. The summed E-state index contributed by atoms with van der Waals surface area (Å²) in [5.41, 5.74) is 1.45. The average Bonchev–Trinajstić information content (AvgIpc) is 2.86. The molecule has 0 atom stereocenters. The van der Waals surface area contributed by atoms with E-state index in [0.29, 0.717) is 5.92 Å². The average molecular weight is 336 g/mol. The SMILES string of the molecule is Cn1nnnc1CN1CCC(c2ccc(Br)cc2)CC1. The molecule has 6 heteroatoms. The minimum Gasteiger partial charge on any atom is -0.296 e. The number of benzene rings is 1.